The smallest absolute Gasteiger partial charge is 0.262 e. The molecule has 1 fully saturated rings. The Hall–Kier alpha value is -1.64. The Morgan fingerprint density at radius 1 is 1.15 bits per heavy atom. The molecule has 2 aromatic carbocycles. The van der Waals surface area contributed by atoms with Crippen LogP contribution in [0.15, 0.2) is 53.4 Å². The molecule has 0 aliphatic carbocycles. The van der Waals surface area contributed by atoms with Crippen LogP contribution in [0.3, 0.4) is 0 Å². The van der Waals surface area contributed by atoms with Gasteiger partial charge < -0.3 is 10.1 Å². The number of benzene rings is 2. The normalized spacial score (nSPS) is 15.0. The monoisotopic (exact) mass is 409 g/mol. The Kier molecular flexibility index (Phi) is 6.16. The van der Waals surface area contributed by atoms with Crippen LogP contribution in [-0.2, 0) is 14.6 Å². The molecule has 1 aliphatic heterocycles. The van der Waals surface area contributed by atoms with Crippen molar-refractivity contribution in [2.45, 2.75) is 9.48 Å². The van der Waals surface area contributed by atoms with Crippen molar-refractivity contribution in [2.75, 3.05) is 29.7 Å². The first-order valence-electron chi connectivity index (χ1n) is 7.98. The summed E-state index contributed by atoms with van der Waals surface area (Å²) in [6.07, 6.45) is 1.13. The second-order valence-electron chi connectivity index (χ2n) is 5.75. The third-order valence-corrected chi connectivity index (χ3v) is 7.88. The largest absolute Gasteiger partial charge is 0.483 e. The Morgan fingerprint density at radius 2 is 1.88 bits per heavy atom. The highest BCUT2D eigenvalue weighted by molar-refractivity contribution is 8.19. The van der Waals surface area contributed by atoms with Gasteiger partial charge in [0.25, 0.3) is 5.91 Å². The summed E-state index contributed by atoms with van der Waals surface area (Å²) in [6.45, 7) is -0.137. The van der Waals surface area contributed by atoms with E-state index in [4.69, 9.17) is 4.74 Å². The second-order valence-corrected chi connectivity index (χ2v) is 10.5. The molecule has 1 heterocycles. The number of anilines is 1. The molecule has 0 unspecified atom stereocenters. The van der Waals surface area contributed by atoms with Crippen LogP contribution in [-0.4, -0.2) is 38.7 Å². The van der Waals surface area contributed by atoms with Gasteiger partial charge in [-0.3, -0.25) is 4.79 Å². The third-order valence-electron chi connectivity index (χ3n) is 3.70. The topological polar surface area (TPSA) is 72.5 Å². The van der Waals surface area contributed by atoms with Gasteiger partial charge in [-0.25, -0.2) is 8.42 Å². The summed E-state index contributed by atoms with van der Waals surface area (Å²) < 4.78 is 29.3. The number of para-hydroxylation sites is 1. The van der Waals surface area contributed by atoms with Gasteiger partial charge in [-0.05, 0) is 24.3 Å². The highest BCUT2D eigenvalue weighted by atomic mass is 32.2. The van der Waals surface area contributed by atoms with Crippen molar-refractivity contribution >= 4 is 45.0 Å². The van der Waals surface area contributed by atoms with Gasteiger partial charge in [0.15, 0.2) is 16.4 Å². The van der Waals surface area contributed by atoms with Crippen molar-refractivity contribution in [3.63, 3.8) is 0 Å². The minimum absolute atomic E-state index is 0.137. The summed E-state index contributed by atoms with van der Waals surface area (Å²) >= 11 is 3.75. The molecule has 0 saturated carbocycles. The fourth-order valence-electron chi connectivity index (χ4n) is 2.49. The van der Waals surface area contributed by atoms with Crippen LogP contribution in [0.2, 0.25) is 0 Å². The van der Waals surface area contributed by atoms with Gasteiger partial charge in [0, 0.05) is 29.0 Å². The van der Waals surface area contributed by atoms with Crippen LogP contribution in [0.4, 0.5) is 5.69 Å². The second kappa shape index (κ2) is 8.37. The average Bonchev–Trinajstić information content (AvgIpc) is 3.14. The van der Waals surface area contributed by atoms with E-state index in [1.54, 1.807) is 12.1 Å². The maximum Gasteiger partial charge on any atom is 0.262 e. The number of carbonyl (C=O) groups excluding carboxylic acids is 1. The molecule has 26 heavy (non-hydrogen) atoms. The standard InChI is InChI=1S/C18H19NO4S3/c1-26(21,22)14-6-4-5-13(11-14)19-17(20)12-23-16-8-3-2-7-15(16)18-24-9-10-25-18/h2-8,11,18H,9-10,12H2,1H3,(H,19,20). The van der Waals surface area contributed by atoms with Crippen molar-refractivity contribution in [1.29, 1.82) is 0 Å². The lowest BCUT2D eigenvalue weighted by atomic mass is 10.2. The SMILES string of the molecule is CS(=O)(=O)c1cccc(NC(=O)COc2ccccc2C2SCCS2)c1. The van der Waals surface area contributed by atoms with E-state index in [1.807, 2.05) is 47.8 Å². The van der Waals surface area contributed by atoms with E-state index in [0.717, 1.165) is 23.3 Å². The highest BCUT2D eigenvalue weighted by Gasteiger charge is 2.22. The third kappa shape index (κ3) is 4.96. The van der Waals surface area contributed by atoms with E-state index in [2.05, 4.69) is 5.32 Å². The van der Waals surface area contributed by atoms with E-state index >= 15 is 0 Å². The number of nitrogens with one attached hydrogen (secondary N) is 1. The Balaban J connectivity index is 1.63. The number of ether oxygens (including phenoxy) is 1. The number of thioether (sulfide) groups is 2. The lowest BCUT2D eigenvalue weighted by Crippen LogP contribution is -2.20. The molecule has 1 amide bonds. The van der Waals surface area contributed by atoms with E-state index in [0.29, 0.717) is 16.0 Å². The molecular weight excluding hydrogens is 390 g/mol. The minimum Gasteiger partial charge on any atom is -0.483 e. The summed E-state index contributed by atoms with van der Waals surface area (Å²) in [7, 11) is -3.32. The quantitative estimate of drug-likeness (QED) is 0.786. The van der Waals surface area contributed by atoms with Crippen LogP contribution in [0.25, 0.3) is 0 Å². The predicted molar refractivity (Wildman–Crippen MR) is 108 cm³/mol. The number of carbonyl (C=O) groups is 1. The molecule has 1 aliphatic rings. The maximum absolute atomic E-state index is 12.2. The fraction of sp³-hybridized carbons (Fsp3) is 0.278. The Bertz CT molecular complexity index is 893. The van der Waals surface area contributed by atoms with Gasteiger partial charge in [0.1, 0.15) is 5.75 Å². The molecule has 0 atom stereocenters. The summed E-state index contributed by atoms with van der Waals surface area (Å²) in [5.74, 6) is 2.60. The highest BCUT2D eigenvalue weighted by Crippen LogP contribution is 2.48. The molecule has 0 spiro atoms. The van der Waals surface area contributed by atoms with Crippen molar-refractivity contribution in [1.82, 2.24) is 0 Å². The number of rotatable bonds is 6. The molecule has 8 heteroatoms. The average molecular weight is 410 g/mol. The predicted octanol–water partition coefficient (Wildman–Crippen LogP) is 3.59. The summed E-state index contributed by atoms with van der Waals surface area (Å²) in [5, 5.41) is 2.67. The van der Waals surface area contributed by atoms with Gasteiger partial charge in [-0.2, -0.15) is 0 Å². The van der Waals surface area contributed by atoms with Crippen molar-refractivity contribution in [2.24, 2.45) is 0 Å². The van der Waals surface area contributed by atoms with Crippen molar-refractivity contribution in [3.05, 3.63) is 54.1 Å². The van der Waals surface area contributed by atoms with Gasteiger partial charge in [0.2, 0.25) is 0 Å². The molecule has 2 aromatic rings. The number of hydrogen-bond acceptors (Lipinski definition) is 6. The zero-order valence-electron chi connectivity index (χ0n) is 14.2. The first-order chi connectivity index (χ1) is 12.4. The molecule has 1 N–H and O–H groups in total. The van der Waals surface area contributed by atoms with E-state index in [-0.39, 0.29) is 17.4 Å². The molecule has 1 saturated heterocycles. The number of hydrogen-bond donors (Lipinski definition) is 1. The first-order valence-corrected chi connectivity index (χ1v) is 12.0. The van der Waals surface area contributed by atoms with Crippen LogP contribution in [0, 0.1) is 0 Å². The van der Waals surface area contributed by atoms with Crippen LogP contribution < -0.4 is 10.1 Å². The Morgan fingerprint density at radius 3 is 2.62 bits per heavy atom. The van der Waals surface area contributed by atoms with Crippen molar-refractivity contribution in [3.8, 4) is 5.75 Å². The molecule has 0 aromatic heterocycles. The van der Waals surface area contributed by atoms with Gasteiger partial charge in [0.05, 0.1) is 9.48 Å². The lowest BCUT2D eigenvalue weighted by Gasteiger charge is -2.15. The lowest BCUT2D eigenvalue weighted by molar-refractivity contribution is -0.118. The summed E-state index contributed by atoms with van der Waals surface area (Å²) in [4.78, 5) is 12.3. The Labute approximate surface area is 161 Å². The van der Waals surface area contributed by atoms with Gasteiger partial charge in [-0.1, -0.05) is 24.3 Å². The van der Waals surface area contributed by atoms with Crippen LogP contribution in [0.1, 0.15) is 10.1 Å². The van der Waals surface area contributed by atoms with E-state index in [1.165, 1.54) is 12.1 Å². The molecule has 138 valence electrons. The number of amides is 1. The molecule has 5 nitrogen and oxygen atoms in total. The van der Waals surface area contributed by atoms with Crippen LogP contribution in [0.5, 0.6) is 5.75 Å². The van der Waals surface area contributed by atoms with E-state index in [9.17, 15) is 13.2 Å². The zero-order valence-corrected chi connectivity index (χ0v) is 16.6. The fourth-order valence-corrected chi connectivity index (χ4v) is 6.07. The van der Waals surface area contributed by atoms with Crippen LogP contribution >= 0.6 is 23.5 Å². The van der Waals surface area contributed by atoms with Gasteiger partial charge >= 0.3 is 0 Å². The molecule has 0 radical (unpaired) electrons. The summed E-state index contributed by atoms with van der Waals surface area (Å²) in [5.41, 5.74) is 1.52. The molecule has 3 rings (SSSR count). The first kappa shape index (κ1) is 19.1. The molecule has 0 bridgehead atoms. The van der Waals surface area contributed by atoms with Crippen molar-refractivity contribution < 1.29 is 17.9 Å². The zero-order chi connectivity index (χ0) is 18.6. The van der Waals surface area contributed by atoms with E-state index < -0.39 is 9.84 Å². The minimum atomic E-state index is -3.32. The summed E-state index contributed by atoms with van der Waals surface area (Å²) in [6, 6.07) is 13.9. The number of sulfone groups is 1. The molecular formula is C18H19NO4S3. The van der Waals surface area contributed by atoms with Gasteiger partial charge in [-0.15, -0.1) is 23.5 Å². The maximum atomic E-state index is 12.2.